The zero-order valence-electron chi connectivity index (χ0n) is 11.1. The summed E-state index contributed by atoms with van der Waals surface area (Å²) in [5.41, 5.74) is 1.00. The number of ketones is 1. The Balaban J connectivity index is 1.66. The first-order valence-corrected chi connectivity index (χ1v) is 6.95. The van der Waals surface area contributed by atoms with Gasteiger partial charge in [0.1, 0.15) is 12.4 Å². The minimum atomic E-state index is -0.165. The van der Waals surface area contributed by atoms with Crippen LogP contribution in [0.5, 0.6) is 0 Å². The molecular formula is C16H20O3. The summed E-state index contributed by atoms with van der Waals surface area (Å²) in [5.74, 6) is 0.557. The van der Waals surface area contributed by atoms with Gasteiger partial charge in [0.05, 0.1) is 0 Å². The molecular weight excluding hydrogens is 240 g/mol. The predicted octanol–water partition coefficient (Wildman–Crippen LogP) is 3.27. The maximum absolute atomic E-state index is 11.6. The lowest BCUT2D eigenvalue weighted by atomic mass is 9.85. The SMILES string of the molecule is O=C1CCC[C@H](CCC(=O)OCc2ccccc2)C1. The highest BCUT2D eigenvalue weighted by Gasteiger charge is 2.20. The molecule has 2 rings (SSSR count). The number of carbonyl (C=O) groups excluding carboxylic acids is 2. The van der Waals surface area contributed by atoms with E-state index in [1.807, 2.05) is 30.3 Å². The monoisotopic (exact) mass is 260 g/mol. The second-order valence-electron chi connectivity index (χ2n) is 5.19. The van der Waals surface area contributed by atoms with Crippen LogP contribution >= 0.6 is 0 Å². The van der Waals surface area contributed by atoms with E-state index in [2.05, 4.69) is 0 Å². The highest BCUT2D eigenvalue weighted by atomic mass is 16.5. The number of ether oxygens (including phenoxy) is 1. The second-order valence-corrected chi connectivity index (χ2v) is 5.19. The van der Waals surface area contributed by atoms with Gasteiger partial charge >= 0.3 is 5.97 Å². The normalized spacial score (nSPS) is 19.2. The third-order valence-electron chi connectivity index (χ3n) is 3.58. The van der Waals surface area contributed by atoms with Crippen molar-refractivity contribution in [2.75, 3.05) is 0 Å². The molecule has 19 heavy (non-hydrogen) atoms. The van der Waals surface area contributed by atoms with E-state index in [9.17, 15) is 9.59 Å². The zero-order valence-corrected chi connectivity index (χ0v) is 11.1. The molecule has 0 unspecified atom stereocenters. The average Bonchev–Trinajstić information content (AvgIpc) is 2.44. The van der Waals surface area contributed by atoms with E-state index in [4.69, 9.17) is 4.74 Å². The third kappa shape index (κ3) is 4.86. The van der Waals surface area contributed by atoms with Crippen LogP contribution in [0, 0.1) is 5.92 Å². The molecule has 0 amide bonds. The van der Waals surface area contributed by atoms with Crippen LogP contribution in [0.4, 0.5) is 0 Å². The lowest BCUT2D eigenvalue weighted by Gasteiger charge is -2.20. The Bertz CT molecular complexity index is 425. The minimum Gasteiger partial charge on any atom is -0.461 e. The molecule has 0 radical (unpaired) electrons. The largest absolute Gasteiger partial charge is 0.461 e. The van der Waals surface area contributed by atoms with Crippen LogP contribution in [0.3, 0.4) is 0 Å². The van der Waals surface area contributed by atoms with Crippen molar-refractivity contribution in [1.29, 1.82) is 0 Å². The van der Waals surface area contributed by atoms with Gasteiger partial charge in [0.2, 0.25) is 0 Å². The molecule has 0 bridgehead atoms. The van der Waals surface area contributed by atoms with E-state index >= 15 is 0 Å². The van der Waals surface area contributed by atoms with Crippen LogP contribution in [-0.4, -0.2) is 11.8 Å². The average molecular weight is 260 g/mol. The fourth-order valence-corrected chi connectivity index (χ4v) is 2.49. The van der Waals surface area contributed by atoms with Gasteiger partial charge in [-0.1, -0.05) is 30.3 Å². The summed E-state index contributed by atoms with van der Waals surface area (Å²) in [4.78, 5) is 22.9. The van der Waals surface area contributed by atoms with Gasteiger partial charge in [0.15, 0.2) is 0 Å². The summed E-state index contributed by atoms with van der Waals surface area (Å²) in [6.45, 7) is 0.337. The van der Waals surface area contributed by atoms with E-state index in [1.165, 1.54) is 0 Å². The summed E-state index contributed by atoms with van der Waals surface area (Å²) < 4.78 is 5.22. The van der Waals surface area contributed by atoms with Gasteiger partial charge in [-0.15, -0.1) is 0 Å². The number of rotatable bonds is 5. The molecule has 1 aromatic carbocycles. The number of Topliss-reactive ketones (excluding diaryl/α,β-unsaturated/α-hetero) is 1. The molecule has 0 aliphatic heterocycles. The van der Waals surface area contributed by atoms with Crippen molar-refractivity contribution in [1.82, 2.24) is 0 Å². The predicted molar refractivity (Wildman–Crippen MR) is 72.4 cm³/mol. The number of hydrogen-bond acceptors (Lipinski definition) is 3. The Hall–Kier alpha value is -1.64. The Morgan fingerprint density at radius 1 is 1.26 bits per heavy atom. The van der Waals surface area contributed by atoms with Gasteiger partial charge in [0.25, 0.3) is 0 Å². The quantitative estimate of drug-likeness (QED) is 0.763. The van der Waals surface area contributed by atoms with Gasteiger partial charge in [0, 0.05) is 19.3 Å². The molecule has 1 atom stereocenters. The third-order valence-corrected chi connectivity index (χ3v) is 3.58. The van der Waals surface area contributed by atoms with Crippen LogP contribution in [-0.2, 0) is 20.9 Å². The number of hydrogen-bond donors (Lipinski definition) is 0. The van der Waals surface area contributed by atoms with Crippen molar-refractivity contribution in [3.05, 3.63) is 35.9 Å². The Labute approximate surface area is 114 Å². The summed E-state index contributed by atoms with van der Waals surface area (Å²) in [5, 5.41) is 0. The van der Waals surface area contributed by atoms with Gasteiger partial charge in [-0.05, 0) is 30.7 Å². The molecule has 1 aliphatic carbocycles. The van der Waals surface area contributed by atoms with Gasteiger partial charge in [-0.2, -0.15) is 0 Å². The van der Waals surface area contributed by atoms with Crippen LogP contribution < -0.4 is 0 Å². The molecule has 1 saturated carbocycles. The maximum Gasteiger partial charge on any atom is 0.306 e. The Morgan fingerprint density at radius 2 is 2.05 bits per heavy atom. The smallest absolute Gasteiger partial charge is 0.306 e. The van der Waals surface area contributed by atoms with E-state index in [1.54, 1.807) is 0 Å². The number of carbonyl (C=O) groups is 2. The molecule has 1 aromatic rings. The first kappa shape index (κ1) is 13.8. The fourth-order valence-electron chi connectivity index (χ4n) is 2.49. The summed E-state index contributed by atoms with van der Waals surface area (Å²) in [6, 6.07) is 9.67. The first-order chi connectivity index (χ1) is 9.24. The van der Waals surface area contributed by atoms with Gasteiger partial charge < -0.3 is 4.74 Å². The standard InChI is InChI=1S/C16H20O3/c17-15-8-4-7-13(11-15)9-10-16(18)19-12-14-5-2-1-3-6-14/h1-3,5-6,13H,4,7-12H2/t13-/m1/s1. The van der Waals surface area contributed by atoms with E-state index in [0.717, 1.165) is 31.2 Å². The number of benzene rings is 1. The van der Waals surface area contributed by atoms with Crippen molar-refractivity contribution in [2.24, 2.45) is 5.92 Å². The zero-order chi connectivity index (χ0) is 13.5. The fraction of sp³-hybridized carbons (Fsp3) is 0.500. The van der Waals surface area contributed by atoms with E-state index in [-0.39, 0.29) is 5.97 Å². The highest BCUT2D eigenvalue weighted by Crippen LogP contribution is 2.25. The Kier molecular flexibility index (Phi) is 5.13. The molecule has 0 heterocycles. The maximum atomic E-state index is 11.6. The van der Waals surface area contributed by atoms with Crippen LogP contribution in [0.15, 0.2) is 30.3 Å². The topological polar surface area (TPSA) is 43.4 Å². The highest BCUT2D eigenvalue weighted by molar-refractivity contribution is 5.79. The molecule has 1 aliphatic rings. The number of esters is 1. The minimum absolute atomic E-state index is 0.165. The first-order valence-electron chi connectivity index (χ1n) is 6.95. The van der Waals surface area contributed by atoms with E-state index < -0.39 is 0 Å². The van der Waals surface area contributed by atoms with Crippen molar-refractivity contribution >= 4 is 11.8 Å². The molecule has 3 nitrogen and oxygen atoms in total. The summed E-state index contributed by atoms with van der Waals surface area (Å²) in [6.07, 6.45) is 4.60. The Morgan fingerprint density at radius 3 is 2.79 bits per heavy atom. The molecule has 0 spiro atoms. The van der Waals surface area contributed by atoms with Crippen molar-refractivity contribution in [3.8, 4) is 0 Å². The van der Waals surface area contributed by atoms with Gasteiger partial charge in [-0.25, -0.2) is 0 Å². The summed E-state index contributed by atoms with van der Waals surface area (Å²) in [7, 11) is 0. The summed E-state index contributed by atoms with van der Waals surface area (Å²) >= 11 is 0. The van der Waals surface area contributed by atoms with Crippen LogP contribution in [0.1, 0.15) is 44.1 Å². The van der Waals surface area contributed by atoms with Gasteiger partial charge in [-0.3, -0.25) is 9.59 Å². The molecule has 102 valence electrons. The molecule has 0 N–H and O–H groups in total. The molecule has 1 fully saturated rings. The lowest BCUT2D eigenvalue weighted by molar-refractivity contribution is -0.145. The molecule has 3 heteroatoms. The second kappa shape index (κ2) is 7.07. The van der Waals surface area contributed by atoms with Crippen LogP contribution in [0.25, 0.3) is 0 Å². The molecule has 0 aromatic heterocycles. The van der Waals surface area contributed by atoms with E-state index in [0.29, 0.717) is 31.1 Å². The lowest BCUT2D eigenvalue weighted by Crippen LogP contribution is -2.16. The van der Waals surface area contributed by atoms with Crippen molar-refractivity contribution < 1.29 is 14.3 Å². The molecule has 0 saturated heterocycles. The van der Waals surface area contributed by atoms with Crippen molar-refractivity contribution in [3.63, 3.8) is 0 Å². The van der Waals surface area contributed by atoms with Crippen LogP contribution in [0.2, 0.25) is 0 Å². The van der Waals surface area contributed by atoms with Crippen molar-refractivity contribution in [2.45, 2.75) is 45.1 Å².